The average Bonchev–Trinajstić information content (AvgIpc) is 3.28. The molecule has 0 unspecified atom stereocenters. The largest absolute Gasteiger partial charge is 0.457 e. The normalized spacial score (nSPS) is 14.4. The molecule has 5 nitrogen and oxygen atoms in total. The molecule has 6 heteroatoms. The van der Waals surface area contributed by atoms with Gasteiger partial charge in [0.25, 0.3) is 11.8 Å². The van der Waals surface area contributed by atoms with Gasteiger partial charge in [-0.15, -0.1) is 0 Å². The van der Waals surface area contributed by atoms with Crippen LogP contribution < -0.4 is 5.32 Å². The third-order valence-electron chi connectivity index (χ3n) is 5.18. The Hall–Kier alpha value is -3.31. The maximum absolute atomic E-state index is 13.2. The molecule has 31 heavy (non-hydrogen) atoms. The second-order valence-corrected chi connectivity index (χ2v) is 7.88. The van der Waals surface area contributed by atoms with Gasteiger partial charge < -0.3 is 14.6 Å². The molecule has 1 fully saturated rings. The van der Waals surface area contributed by atoms with Gasteiger partial charge in [0.15, 0.2) is 0 Å². The summed E-state index contributed by atoms with van der Waals surface area (Å²) in [6.45, 7) is 1.37. The molecule has 0 bridgehead atoms. The first-order chi connectivity index (χ1) is 15.1. The van der Waals surface area contributed by atoms with Crippen LogP contribution in [0.4, 0.5) is 0 Å². The predicted octanol–water partition coefficient (Wildman–Crippen LogP) is 5.38. The third-order valence-corrected chi connectivity index (χ3v) is 5.42. The van der Waals surface area contributed by atoms with Crippen molar-refractivity contribution in [3.63, 3.8) is 0 Å². The first-order valence-corrected chi connectivity index (χ1v) is 10.7. The van der Waals surface area contributed by atoms with E-state index in [0.29, 0.717) is 35.2 Å². The molecule has 0 spiro atoms. The number of nitrogens with zero attached hydrogens (tertiary/aromatic N) is 1. The van der Waals surface area contributed by atoms with Crippen LogP contribution in [0.15, 0.2) is 76.8 Å². The molecular weight excluding hydrogens is 412 g/mol. The molecule has 1 N–H and O–H groups in total. The van der Waals surface area contributed by atoms with Crippen molar-refractivity contribution < 1.29 is 14.0 Å². The molecule has 0 saturated carbocycles. The summed E-state index contributed by atoms with van der Waals surface area (Å²) in [6.07, 6.45) is 4.63. The van der Waals surface area contributed by atoms with Crippen molar-refractivity contribution in [3.8, 4) is 11.3 Å². The molecule has 4 rings (SSSR count). The summed E-state index contributed by atoms with van der Waals surface area (Å²) in [5.41, 5.74) is 1.52. The van der Waals surface area contributed by atoms with Gasteiger partial charge in [0.2, 0.25) is 0 Å². The molecular formula is C25H23ClN2O3. The maximum atomic E-state index is 13.2. The van der Waals surface area contributed by atoms with Crippen LogP contribution in [0.1, 0.15) is 35.4 Å². The molecule has 0 aliphatic carbocycles. The van der Waals surface area contributed by atoms with Crippen molar-refractivity contribution in [2.75, 3.05) is 13.1 Å². The topological polar surface area (TPSA) is 62.6 Å². The zero-order valence-electron chi connectivity index (χ0n) is 17.0. The summed E-state index contributed by atoms with van der Waals surface area (Å²) in [5, 5.41) is 3.40. The Morgan fingerprint density at radius 1 is 0.935 bits per heavy atom. The zero-order valence-corrected chi connectivity index (χ0v) is 17.8. The number of furan rings is 1. The van der Waals surface area contributed by atoms with Crippen LogP contribution in [0, 0.1) is 0 Å². The highest BCUT2D eigenvalue weighted by Crippen LogP contribution is 2.26. The highest BCUT2D eigenvalue weighted by Gasteiger charge is 2.23. The second-order valence-electron chi connectivity index (χ2n) is 7.44. The van der Waals surface area contributed by atoms with E-state index in [-0.39, 0.29) is 17.5 Å². The molecule has 0 atom stereocenters. The number of hydrogen-bond acceptors (Lipinski definition) is 3. The lowest BCUT2D eigenvalue weighted by Gasteiger charge is -2.27. The Bertz CT molecular complexity index is 1100. The monoisotopic (exact) mass is 434 g/mol. The van der Waals surface area contributed by atoms with E-state index in [4.69, 9.17) is 16.0 Å². The maximum Gasteiger partial charge on any atom is 0.270 e. The Morgan fingerprint density at radius 3 is 2.45 bits per heavy atom. The fourth-order valence-corrected chi connectivity index (χ4v) is 3.76. The third kappa shape index (κ3) is 5.25. The minimum absolute atomic E-state index is 0.197. The number of nitrogens with one attached hydrogen (secondary N) is 1. The van der Waals surface area contributed by atoms with Crippen molar-refractivity contribution in [1.29, 1.82) is 0 Å². The van der Waals surface area contributed by atoms with Crippen LogP contribution in [0.2, 0.25) is 5.02 Å². The zero-order chi connectivity index (χ0) is 21.6. The van der Waals surface area contributed by atoms with Crippen molar-refractivity contribution in [1.82, 2.24) is 10.2 Å². The molecule has 2 amide bonds. The molecule has 158 valence electrons. The number of benzene rings is 2. The summed E-state index contributed by atoms with van der Waals surface area (Å²) in [6, 6.07) is 19.8. The van der Waals surface area contributed by atoms with E-state index < -0.39 is 0 Å². The quantitative estimate of drug-likeness (QED) is 0.548. The van der Waals surface area contributed by atoms with Crippen LogP contribution in [-0.4, -0.2) is 29.8 Å². The van der Waals surface area contributed by atoms with Crippen molar-refractivity contribution >= 4 is 29.5 Å². The minimum Gasteiger partial charge on any atom is -0.457 e. The molecule has 2 heterocycles. The number of carbonyl (C=O) groups is 2. The molecule has 1 aromatic heterocycles. The minimum atomic E-state index is -0.334. The van der Waals surface area contributed by atoms with E-state index in [2.05, 4.69) is 5.32 Å². The van der Waals surface area contributed by atoms with Crippen molar-refractivity contribution in [2.24, 2.45) is 0 Å². The number of rotatable bonds is 5. The van der Waals surface area contributed by atoms with Crippen LogP contribution in [-0.2, 0) is 4.79 Å². The smallest absolute Gasteiger partial charge is 0.270 e. The summed E-state index contributed by atoms with van der Waals surface area (Å²) in [7, 11) is 0. The highest BCUT2D eigenvalue weighted by atomic mass is 35.5. The number of amides is 2. The second kappa shape index (κ2) is 9.67. The van der Waals surface area contributed by atoms with Gasteiger partial charge in [-0.2, -0.15) is 0 Å². The van der Waals surface area contributed by atoms with Gasteiger partial charge in [0.05, 0.1) is 0 Å². The molecule has 2 aromatic carbocycles. The molecule has 1 saturated heterocycles. The molecule has 1 aliphatic heterocycles. The fraction of sp³-hybridized carbons (Fsp3) is 0.200. The lowest BCUT2D eigenvalue weighted by atomic mass is 10.1. The first kappa shape index (κ1) is 20.9. The summed E-state index contributed by atoms with van der Waals surface area (Å²) in [5.74, 6) is 0.570. The predicted molar refractivity (Wildman–Crippen MR) is 121 cm³/mol. The lowest BCUT2D eigenvalue weighted by molar-refractivity contribution is -0.128. The lowest BCUT2D eigenvalue weighted by Crippen LogP contribution is -2.41. The average molecular weight is 435 g/mol. The SMILES string of the molecule is O=C(NC(=Cc1ccc(-c2cccc(Cl)c2)o1)C(=O)N1CCCCC1)c1ccccc1. The Balaban J connectivity index is 1.62. The number of hydrogen-bond donors (Lipinski definition) is 1. The molecule has 1 aliphatic rings. The Morgan fingerprint density at radius 2 is 1.71 bits per heavy atom. The van der Waals surface area contributed by atoms with E-state index in [1.807, 2.05) is 30.3 Å². The van der Waals surface area contributed by atoms with E-state index >= 15 is 0 Å². The van der Waals surface area contributed by atoms with Crippen molar-refractivity contribution in [2.45, 2.75) is 19.3 Å². The van der Waals surface area contributed by atoms with E-state index in [9.17, 15) is 9.59 Å². The van der Waals surface area contributed by atoms with Crippen molar-refractivity contribution in [3.05, 3.63) is 88.8 Å². The number of halogens is 1. The van der Waals surface area contributed by atoms with Gasteiger partial charge in [0.1, 0.15) is 17.2 Å². The standard InChI is InChI=1S/C25H23ClN2O3/c26-20-11-7-10-19(16-20)23-13-12-21(31-23)17-22(25(30)28-14-5-2-6-15-28)27-24(29)18-8-3-1-4-9-18/h1,3-4,7-13,16-17H,2,5-6,14-15H2,(H,27,29). The van der Waals surface area contributed by atoms with Crippen LogP contribution in [0.25, 0.3) is 17.4 Å². The summed E-state index contributed by atoms with van der Waals surface area (Å²) < 4.78 is 5.92. The first-order valence-electron chi connectivity index (χ1n) is 10.3. The molecule has 3 aromatic rings. The van der Waals surface area contributed by atoms with Crippen LogP contribution in [0.5, 0.6) is 0 Å². The van der Waals surface area contributed by atoms with Gasteiger partial charge in [-0.3, -0.25) is 9.59 Å². The van der Waals surface area contributed by atoms with Gasteiger partial charge in [-0.25, -0.2) is 0 Å². The van der Waals surface area contributed by atoms with E-state index in [0.717, 1.165) is 24.8 Å². The molecule has 0 radical (unpaired) electrons. The van der Waals surface area contributed by atoms with Crippen LogP contribution in [0.3, 0.4) is 0 Å². The number of piperidine rings is 1. The number of carbonyl (C=O) groups excluding carboxylic acids is 2. The Kier molecular flexibility index (Phi) is 6.53. The summed E-state index contributed by atoms with van der Waals surface area (Å²) in [4.78, 5) is 27.7. The van der Waals surface area contributed by atoms with E-state index in [1.165, 1.54) is 0 Å². The van der Waals surface area contributed by atoms with Gasteiger partial charge >= 0.3 is 0 Å². The van der Waals surface area contributed by atoms with Gasteiger partial charge in [-0.1, -0.05) is 41.9 Å². The highest BCUT2D eigenvalue weighted by molar-refractivity contribution is 6.30. The van der Waals surface area contributed by atoms with Crippen LogP contribution >= 0.6 is 11.6 Å². The van der Waals surface area contributed by atoms with Gasteiger partial charge in [-0.05, 0) is 55.7 Å². The summed E-state index contributed by atoms with van der Waals surface area (Å²) >= 11 is 6.08. The Labute approximate surface area is 186 Å². The van der Waals surface area contributed by atoms with Gasteiger partial charge in [0, 0.05) is 35.3 Å². The fourth-order valence-electron chi connectivity index (χ4n) is 3.57. The number of likely N-dealkylation sites (tertiary alicyclic amines) is 1. The van der Waals surface area contributed by atoms with E-state index in [1.54, 1.807) is 47.4 Å².